The zero-order valence-corrected chi connectivity index (χ0v) is 20.2. The first-order valence-corrected chi connectivity index (χ1v) is 12.8. The number of nitrogens with zero attached hydrogens (tertiary/aromatic N) is 1. The predicted octanol–water partition coefficient (Wildman–Crippen LogP) is 3.10. The fourth-order valence-corrected chi connectivity index (χ4v) is 5.07. The van der Waals surface area contributed by atoms with E-state index in [1.54, 1.807) is 17.0 Å². The van der Waals surface area contributed by atoms with Gasteiger partial charge >= 0.3 is 0 Å². The molecular weight excluding hydrogens is 440 g/mol. The van der Waals surface area contributed by atoms with Gasteiger partial charge in [0.2, 0.25) is 11.8 Å². The summed E-state index contributed by atoms with van der Waals surface area (Å²) in [4.78, 5) is 40.3. The summed E-state index contributed by atoms with van der Waals surface area (Å²) < 4.78 is 0. The van der Waals surface area contributed by atoms with Gasteiger partial charge in [-0.15, -0.1) is 0 Å². The van der Waals surface area contributed by atoms with Crippen LogP contribution in [0.25, 0.3) is 11.1 Å². The lowest BCUT2D eigenvalue weighted by atomic mass is 9.86. The van der Waals surface area contributed by atoms with Gasteiger partial charge < -0.3 is 21.3 Å². The van der Waals surface area contributed by atoms with E-state index in [2.05, 4.69) is 10.6 Å². The Morgan fingerprint density at radius 1 is 0.857 bits per heavy atom. The van der Waals surface area contributed by atoms with Crippen molar-refractivity contribution in [2.24, 2.45) is 11.7 Å². The molecule has 7 nitrogen and oxygen atoms in total. The average Bonchev–Trinajstić information content (AvgIpc) is 3.06. The molecule has 1 saturated carbocycles. The minimum atomic E-state index is -0.619. The Hall–Kier alpha value is -3.19. The Labute approximate surface area is 207 Å². The quantitative estimate of drug-likeness (QED) is 0.571. The second kappa shape index (κ2) is 12.0. The minimum absolute atomic E-state index is 0.0355. The molecular formula is C28H36N4O3. The van der Waals surface area contributed by atoms with Crippen molar-refractivity contribution in [3.8, 4) is 11.1 Å². The molecule has 0 spiro atoms. The van der Waals surface area contributed by atoms with Crippen LogP contribution in [0.4, 0.5) is 0 Å². The topological polar surface area (TPSA) is 105 Å². The lowest BCUT2D eigenvalue weighted by molar-refractivity contribution is -0.137. The molecule has 186 valence electrons. The maximum absolute atomic E-state index is 13.2. The van der Waals surface area contributed by atoms with Crippen molar-refractivity contribution in [3.63, 3.8) is 0 Å². The second-order valence-electron chi connectivity index (χ2n) is 9.75. The van der Waals surface area contributed by atoms with Crippen LogP contribution in [-0.4, -0.2) is 54.3 Å². The average molecular weight is 477 g/mol. The van der Waals surface area contributed by atoms with E-state index in [1.807, 2.05) is 42.5 Å². The van der Waals surface area contributed by atoms with Crippen LogP contribution in [0.2, 0.25) is 0 Å². The van der Waals surface area contributed by atoms with Crippen LogP contribution in [0.15, 0.2) is 54.6 Å². The van der Waals surface area contributed by atoms with Gasteiger partial charge in [-0.05, 0) is 80.7 Å². The highest BCUT2D eigenvalue weighted by Crippen LogP contribution is 2.23. The summed E-state index contributed by atoms with van der Waals surface area (Å²) in [6.45, 7) is 1.27. The molecule has 2 aromatic rings. The first kappa shape index (κ1) is 24.9. The van der Waals surface area contributed by atoms with Gasteiger partial charge in [-0.3, -0.25) is 14.4 Å². The number of nitrogens with one attached hydrogen (secondary N) is 2. The predicted molar refractivity (Wildman–Crippen MR) is 137 cm³/mol. The third-order valence-corrected chi connectivity index (χ3v) is 7.22. The van der Waals surface area contributed by atoms with E-state index in [1.165, 1.54) is 0 Å². The Balaban J connectivity index is 1.32. The van der Waals surface area contributed by atoms with Crippen molar-refractivity contribution in [3.05, 3.63) is 60.2 Å². The van der Waals surface area contributed by atoms with Crippen molar-refractivity contribution in [2.45, 2.75) is 57.0 Å². The lowest BCUT2D eigenvalue weighted by Gasteiger charge is -2.30. The molecule has 2 aromatic carbocycles. The molecule has 0 bridgehead atoms. The molecule has 1 saturated heterocycles. The Kier molecular flexibility index (Phi) is 8.53. The monoisotopic (exact) mass is 476 g/mol. The van der Waals surface area contributed by atoms with E-state index in [4.69, 9.17) is 5.73 Å². The number of amides is 3. The van der Waals surface area contributed by atoms with Crippen molar-refractivity contribution in [1.82, 2.24) is 15.5 Å². The summed E-state index contributed by atoms with van der Waals surface area (Å²) in [6.07, 6.45) is 6.15. The van der Waals surface area contributed by atoms with Crippen molar-refractivity contribution < 1.29 is 14.4 Å². The van der Waals surface area contributed by atoms with Gasteiger partial charge in [-0.2, -0.15) is 0 Å². The van der Waals surface area contributed by atoms with Crippen LogP contribution in [0.5, 0.6) is 0 Å². The smallest absolute Gasteiger partial charge is 0.251 e. The number of likely N-dealkylation sites (tertiary alicyclic amines) is 1. The summed E-state index contributed by atoms with van der Waals surface area (Å²) >= 11 is 0. The maximum atomic E-state index is 13.2. The third-order valence-electron chi connectivity index (χ3n) is 7.22. The zero-order chi connectivity index (χ0) is 24.6. The van der Waals surface area contributed by atoms with Crippen molar-refractivity contribution in [2.75, 3.05) is 19.6 Å². The Morgan fingerprint density at radius 2 is 1.54 bits per heavy atom. The highest BCUT2D eigenvalue weighted by molar-refractivity contribution is 5.98. The van der Waals surface area contributed by atoms with E-state index in [0.29, 0.717) is 31.0 Å². The van der Waals surface area contributed by atoms with Gasteiger partial charge in [-0.1, -0.05) is 42.5 Å². The first-order chi connectivity index (χ1) is 17.0. The highest BCUT2D eigenvalue weighted by Gasteiger charge is 2.30. The van der Waals surface area contributed by atoms with Crippen LogP contribution < -0.4 is 16.4 Å². The minimum Gasteiger partial charge on any atom is -0.352 e. The summed E-state index contributed by atoms with van der Waals surface area (Å²) in [6, 6.07) is 16.9. The van der Waals surface area contributed by atoms with E-state index < -0.39 is 6.04 Å². The molecule has 1 aliphatic carbocycles. The van der Waals surface area contributed by atoms with Gasteiger partial charge in [0, 0.05) is 18.2 Å². The number of carbonyl (C=O) groups is 3. The van der Waals surface area contributed by atoms with Crippen molar-refractivity contribution >= 4 is 17.7 Å². The van der Waals surface area contributed by atoms with E-state index in [0.717, 1.165) is 49.7 Å². The SMILES string of the molecule is NCC1CCC(NC(=O)CN2CCCCC(NC(=O)c3ccc(-c4ccccc4)cc3)C2=O)CC1. The van der Waals surface area contributed by atoms with E-state index in [-0.39, 0.29) is 30.3 Å². The normalized spacial score (nSPS) is 22.8. The number of benzene rings is 2. The standard InChI is InChI=1S/C28H36N4O3/c29-18-20-9-15-24(16-10-20)30-26(33)19-32-17-5-4-8-25(28(32)35)31-27(34)23-13-11-22(12-14-23)21-6-2-1-3-7-21/h1-3,6-7,11-14,20,24-25H,4-5,8-10,15-19,29H2,(H,30,33)(H,31,34). The van der Waals surface area contributed by atoms with Gasteiger partial charge in [0.05, 0.1) is 6.54 Å². The molecule has 7 heteroatoms. The molecule has 4 rings (SSSR count). The largest absolute Gasteiger partial charge is 0.352 e. The summed E-state index contributed by atoms with van der Waals surface area (Å²) in [5.74, 6) is -0.0306. The van der Waals surface area contributed by atoms with Crippen LogP contribution in [0, 0.1) is 5.92 Å². The number of rotatable bonds is 7. The molecule has 0 radical (unpaired) electrons. The van der Waals surface area contributed by atoms with Gasteiger partial charge in [0.25, 0.3) is 5.91 Å². The molecule has 1 unspecified atom stereocenters. The zero-order valence-electron chi connectivity index (χ0n) is 20.2. The summed E-state index contributed by atoms with van der Waals surface area (Å²) in [5.41, 5.74) is 8.38. The maximum Gasteiger partial charge on any atom is 0.251 e. The fourth-order valence-electron chi connectivity index (χ4n) is 5.07. The number of hydrogen-bond acceptors (Lipinski definition) is 4. The van der Waals surface area contributed by atoms with Gasteiger partial charge in [0.15, 0.2) is 0 Å². The molecule has 35 heavy (non-hydrogen) atoms. The van der Waals surface area contributed by atoms with E-state index in [9.17, 15) is 14.4 Å². The summed E-state index contributed by atoms with van der Waals surface area (Å²) in [5, 5.41) is 6.00. The van der Waals surface area contributed by atoms with Gasteiger partial charge in [-0.25, -0.2) is 0 Å². The van der Waals surface area contributed by atoms with Gasteiger partial charge in [0.1, 0.15) is 6.04 Å². The van der Waals surface area contributed by atoms with E-state index >= 15 is 0 Å². The third kappa shape index (κ3) is 6.69. The van der Waals surface area contributed by atoms with Crippen molar-refractivity contribution in [1.29, 1.82) is 0 Å². The number of carbonyl (C=O) groups excluding carboxylic acids is 3. The Morgan fingerprint density at radius 3 is 2.23 bits per heavy atom. The molecule has 1 aliphatic heterocycles. The van der Waals surface area contributed by atoms with Crippen LogP contribution in [0.1, 0.15) is 55.3 Å². The molecule has 1 heterocycles. The van der Waals surface area contributed by atoms with Crippen LogP contribution >= 0.6 is 0 Å². The summed E-state index contributed by atoms with van der Waals surface area (Å²) in [7, 11) is 0. The number of hydrogen-bond donors (Lipinski definition) is 3. The van der Waals surface area contributed by atoms with Crippen LogP contribution in [-0.2, 0) is 9.59 Å². The number of nitrogens with two attached hydrogens (primary N) is 1. The van der Waals surface area contributed by atoms with Crippen LogP contribution in [0.3, 0.4) is 0 Å². The lowest BCUT2D eigenvalue weighted by Crippen LogP contribution is -2.51. The molecule has 4 N–H and O–H groups in total. The second-order valence-corrected chi connectivity index (χ2v) is 9.75. The highest BCUT2D eigenvalue weighted by atomic mass is 16.2. The Bertz CT molecular complexity index is 1000. The fraction of sp³-hybridized carbons (Fsp3) is 0.464. The first-order valence-electron chi connectivity index (χ1n) is 12.8. The molecule has 0 aromatic heterocycles. The molecule has 3 amide bonds. The molecule has 1 atom stereocenters. The molecule has 2 fully saturated rings. The molecule has 2 aliphatic rings.